The number of fused-ring (bicyclic) bond motifs is 8. The Morgan fingerprint density at radius 3 is 1.29 bits per heavy atom. The number of aromatic nitrogens is 2. The van der Waals surface area contributed by atoms with Crippen molar-refractivity contribution in [2.24, 2.45) is 9.98 Å². The van der Waals surface area contributed by atoms with Gasteiger partial charge >= 0.3 is 17.1 Å². The fourth-order valence-electron chi connectivity index (χ4n) is 10.2. The van der Waals surface area contributed by atoms with Gasteiger partial charge in [0.2, 0.25) is 0 Å². The maximum Gasteiger partial charge on any atom is 2.00 e. The molecule has 4 nitrogen and oxygen atoms in total. The molecule has 0 spiro atoms. The van der Waals surface area contributed by atoms with Gasteiger partial charge in [-0.15, -0.1) is 45.4 Å². The van der Waals surface area contributed by atoms with Gasteiger partial charge in [0.15, 0.2) is 0 Å². The van der Waals surface area contributed by atoms with Gasteiger partial charge in [0, 0.05) is 30.6 Å². The molecule has 4 aromatic heterocycles. The van der Waals surface area contributed by atoms with Gasteiger partial charge in [-0.05, 0) is 159 Å². The molecule has 2 aliphatic carbocycles. The van der Waals surface area contributed by atoms with Gasteiger partial charge in [0.1, 0.15) is 0 Å². The maximum atomic E-state index is 5.19. The van der Waals surface area contributed by atoms with Crippen molar-refractivity contribution in [1.82, 2.24) is 9.97 Å². The zero-order valence-corrected chi connectivity index (χ0v) is 40.7. The van der Waals surface area contributed by atoms with E-state index < -0.39 is 0 Å². The minimum atomic E-state index is 0. The Kier molecular flexibility index (Phi) is 11.2. The summed E-state index contributed by atoms with van der Waals surface area (Å²) in [6.07, 6.45) is 13.1. The summed E-state index contributed by atoms with van der Waals surface area (Å²) in [7, 11) is 0. The number of aliphatic imine (C=N–C) groups is 2. The van der Waals surface area contributed by atoms with Crippen molar-refractivity contribution >= 4 is 67.8 Å². The zero-order valence-electron chi connectivity index (χ0n) is 38.1. The predicted molar refractivity (Wildman–Crippen MR) is 274 cm³/mol. The quantitative estimate of drug-likeness (QED) is 0.165. The van der Waals surface area contributed by atoms with E-state index in [1.807, 2.05) is 22.7 Å². The Hall–Kier alpha value is -5.82. The average Bonchev–Trinajstić information content (AvgIpc) is 4.13. The maximum absolute atomic E-state index is 5.19. The third-order valence-electron chi connectivity index (χ3n) is 13.6. The van der Waals surface area contributed by atoms with Gasteiger partial charge in [-0.2, -0.15) is 0 Å². The van der Waals surface area contributed by atoms with Crippen molar-refractivity contribution in [2.75, 3.05) is 0 Å². The second-order valence-electron chi connectivity index (χ2n) is 17.9. The molecule has 0 bridgehead atoms. The summed E-state index contributed by atoms with van der Waals surface area (Å²) in [6, 6.07) is 30.7. The normalized spacial score (nSPS) is 16.1. The van der Waals surface area contributed by atoms with Crippen LogP contribution in [0.25, 0.3) is 56.2 Å². The third kappa shape index (κ3) is 7.53. The molecule has 7 heteroatoms. The first-order chi connectivity index (χ1) is 31.0. The van der Waals surface area contributed by atoms with E-state index in [9.17, 15) is 0 Å². The van der Waals surface area contributed by atoms with Crippen LogP contribution in [-0.2, 0) is 29.9 Å². The molecule has 0 saturated carbocycles. The van der Waals surface area contributed by atoms with Gasteiger partial charge in [-0.1, -0.05) is 108 Å². The second-order valence-corrected chi connectivity index (χ2v) is 20.8. The fraction of sp³-hybridized carbons (Fsp3) is 0.207. The summed E-state index contributed by atoms with van der Waals surface area (Å²) in [5, 5.41) is 4.88. The summed E-state index contributed by atoms with van der Waals surface area (Å²) in [5.41, 5.74) is 24.4. The minimum Gasteiger partial charge on any atom is -0.656 e. The van der Waals surface area contributed by atoms with Crippen LogP contribution in [0.15, 0.2) is 130 Å². The van der Waals surface area contributed by atoms with Gasteiger partial charge in [-0.25, -0.2) is 9.98 Å². The van der Waals surface area contributed by atoms with Crippen molar-refractivity contribution in [1.29, 1.82) is 0 Å². The van der Waals surface area contributed by atoms with Gasteiger partial charge in [0.25, 0.3) is 0 Å². The van der Waals surface area contributed by atoms with Crippen LogP contribution >= 0.6 is 22.7 Å². The van der Waals surface area contributed by atoms with E-state index in [1.165, 1.54) is 108 Å². The molecule has 0 saturated heterocycles. The van der Waals surface area contributed by atoms with Crippen molar-refractivity contribution in [3.8, 4) is 22.5 Å². The zero-order chi connectivity index (χ0) is 44.0. The van der Waals surface area contributed by atoms with Crippen molar-refractivity contribution < 1.29 is 17.1 Å². The third-order valence-corrected chi connectivity index (χ3v) is 15.9. The number of allylic oxidation sites excluding steroid dienone is 4. The molecule has 325 valence electrons. The topological polar surface area (TPSA) is 52.9 Å². The number of benzene rings is 4. The van der Waals surface area contributed by atoms with E-state index in [4.69, 9.17) is 20.0 Å². The van der Waals surface area contributed by atoms with Crippen molar-refractivity contribution in [3.63, 3.8) is 0 Å². The van der Waals surface area contributed by atoms with Crippen LogP contribution in [0, 0.1) is 55.4 Å². The molecule has 2 aliphatic heterocycles. The largest absolute Gasteiger partial charge is 2.00 e. The molecule has 0 atom stereocenters. The molecular formula is C58H50CuN4S2. The number of hydrogen-bond acceptors (Lipinski definition) is 4. The van der Waals surface area contributed by atoms with Gasteiger partial charge in [0.05, 0.1) is 22.8 Å². The first-order valence-corrected chi connectivity index (χ1v) is 24.1. The van der Waals surface area contributed by atoms with Crippen LogP contribution in [0.4, 0.5) is 0 Å². The number of nitrogens with zero attached hydrogens (tertiary/aromatic N) is 4. The molecule has 1 radical (unpaired) electrons. The molecule has 0 N–H and O–H groups in total. The summed E-state index contributed by atoms with van der Waals surface area (Å²) >= 11 is 3.73. The SMILES string of the molecule is Cc1ccc2c(/C=C3/C=C4CCc5ccccc5C4=N3)[n-]c(-c3c(C)sc(C)c3C)c2c1.Cc1ccc2c(/C=C3/C=C4CCc5ccccc5C4=N3)[n-]c(-c3c(C)sc(C)c3C)c2c1.[Cu+2]. The minimum absolute atomic E-state index is 0. The standard InChI is InChI=1S/2C29H25N2S.Cu/c2*1-16-9-12-24-25(13-16)29(27-17(2)18(3)32-19(27)4)31-26(24)15-22-14-21-11-10-20-7-5-6-8-23(20)28(21)30-22;/h2*5-9,12-15H,10-11H2,1-4H3;/q2*-1;+2/b2*22-15-;. The fourth-order valence-corrected chi connectivity index (χ4v) is 12.4. The predicted octanol–water partition coefficient (Wildman–Crippen LogP) is 14.9. The van der Waals surface area contributed by atoms with E-state index in [1.54, 1.807) is 0 Å². The Morgan fingerprint density at radius 1 is 0.477 bits per heavy atom. The van der Waals surface area contributed by atoms with Crippen LogP contribution in [0.5, 0.6) is 0 Å². The molecule has 0 fully saturated rings. The van der Waals surface area contributed by atoms with E-state index >= 15 is 0 Å². The van der Waals surface area contributed by atoms with Crippen LogP contribution in [0.2, 0.25) is 0 Å². The molecule has 4 aliphatic rings. The number of aryl methyl sites for hydroxylation is 8. The first-order valence-electron chi connectivity index (χ1n) is 22.5. The summed E-state index contributed by atoms with van der Waals surface area (Å²) < 4.78 is 0. The monoisotopic (exact) mass is 929 g/mol. The Morgan fingerprint density at radius 2 is 0.892 bits per heavy atom. The number of rotatable bonds is 4. The average molecular weight is 931 g/mol. The summed E-state index contributed by atoms with van der Waals surface area (Å²) in [4.78, 5) is 25.9. The molecule has 0 amide bonds. The van der Waals surface area contributed by atoms with E-state index in [0.717, 1.165) is 71.3 Å². The van der Waals surface area contributed by atoms with Crippen LogP contribution in [0.3, 0.4) is 0 Å². The Bertz CT molecular complexity index is 3240. The second kappa shape index (κ2) is 16.9. The van der Waals surface area contributed by atoms with E-state index in [-0.39, 0.29) is 17.1 Å². The number of thiophene rings is 2. The molecule has 6 heterocycles. The van der Waals surface area contributed by atoms with E-state index in [2.05, 4.69) is 165 Å². The van der Waals surface area contributed by atoms with Crippen LogP contribution < -0.4 is 9.97 Å². The smallest absolute Gasteiger partial charge is 0.656 e. The van der Waals surface area contributed by atoms with E-state index in [0.29, 0.717) is 0 Å². The Labute approximate surface area is 400 Å². The van der Waals surface area contributed by atoms with Gasteiger partial charge in [-0.3, -0.25) is 0 Å². The summed E-state index contributed by atoms with van der Waals surface area (Å²) in [5.74, 6) is 0. The molecule has 65 heavy (non-hydrogen) atoms. The van der Waals surface area contributed by atoms with Crippen LogP contribution in [0.1, 0.15) is 88.2 Å². The summed E-state index contributed by atoms with van der Waals surface area (Å²) in [6.45, 7) is 17.6. The number of hydrogen-bond donors (Lipinski definition) is 0. The van der Waals surface area contributed by atoms with Gasteiger partial charge < -0.3 is 9.97 Å². The molecular weight excluding hydrogens is 880 g/mol. The molecule has 12 rings (SSSR count). The van der Waals surface area contributed by atoms with Crippen molar-refractivity contribution in [3.05, 3.63) is 195 Å². The van der Waals surface area contributed by atoms with Crippen molar-refractivity contribution in [2.45, 2.75) is 81.1 Å². The molecule has 4 aromatic carbocycles. The Balaban J connectivity index is 0.000000151. The first kappa shape index (κ1) is 43.1. The van der Waals surface area contributed by atoms with Crippen LogP contribution in [-0.4, -0.2) is 11.4 Å². The molecule has 8 aromatic rings. The molecule has 0 unspecified atom stereocenters.